The molecule has 118 valence electrons. The van der Waals surface area contributed by atoms with Crippen molar-refractivity contribution in [3.8, 4) is 22.3 Å². The molecule has 0 aliphatic rings. The normalized spacial score (nSPS) is 10.4. The molecule has 0 bridgehead atoms. The Hall–Kier alpha value is -3.00. The summed E-state index contributed by atoms with van der Waals surface area (Å²) in [5.41, 5.74) is 7.47. The lowest BCUT2D eigenvalue weighted by Gasteiger charge is -2.15. The van der Waals surface area contributed by atoms with Crippen molar-refractivity contribution in [2.45, 2.75) is 13.8 Å². The molecule has 0 saturated carbocycles. The lowest BCUT2D eigenvalue weighted by molar-refractivity contribution is 0.111. The Bertz CT molecular complexity index is 846. The summed E-state index contributed by atoms with van der Waals surface area (Å²) < 4.78 is 0. The number of hydrogen-bond acceptors (Lipinski definition) is 2. The van der Waals surface area contributed by atoms with E-state index in [0.717, 1.165) is 46.0 Å². The average molecular weight is 314 g/mol. The van der Waals surface area contributed by atoms with Gasteiger partial charge in [0.2, 0.25) is 0 Å². The Kier molecular flexibility index (Phi) is 4.39. The van der Waals surface area contributed by atoms with Gasteiger partial charge in [-0.25, -0.2) is 0 Å². The smallest absolute Gasteiger partial charge is 0.150 e. The fourth-order valence-corrected chi connectivity index (χ4v) is 3.09. The third kappa shape index (κ3) is 2.79. The summed E-state index contributed by atoms with van der Waals surface area (Å²) in [6.07, 6.45) is 1.78. The molecule has 3 aromatic rings. The molecule has 0 N–H and O–H groups in total. The average Bonchev–Trinajstić information content (AvgIpc) is 2.63. The molecular formula is C22H18O2. The summed E-state index contributed by atoms with van der Waals surface area (Å²) in [6, 6.07) is 19.4. The van der Waals surface area contributed by atoms with Crippen molar-refractivity contribution < 1.29 is 9.59 Å². The van der Waals surface area contributed by atoms with E-state index in [1.165, 1.54) is 0 Å². The van der Waals surface area contributed by atoms with Gasteiger partial charge in [0.15, 0.2) is 12.6 Å². The van der Waals surface area contributed by atoms with Gasteiger partial charge in [-0.2, -0.15) is 0 Å². The quantitative estimate of drug-likeness (QED) is 0.615. The molecule has 0 aromatic heterocycles. The van der Waals surface area contributed by atoms with Gasteiger partial charge in [0, 0.05) is 11.1 Å². The van der Waals surface area contributed by atoms with E-state index in [1.807, 2.05) is 62.4 Å². The van der Waals surface area contributed by atoms with E-state index in [-0.39, 0.29) is 0 Å². The van der Waals surface area contributed by atoms with E-state index in [9.17, 15) is 9.59 Å². The van der Waals surface area contributed by atoms with Gasteiger partial charge < -0.3 is 0 Å². The molecule has 0 aliphatic carbocycles. The van der Waals surface area contributed by atoms with Crippen LogP contribution in [-0.4, -0.2) is 12.6 Å². The van der Waals surface area contributed by atoms with Crippen LogP contribution in [0.15, 0.2) is 60.7 Å². The van der Waals surface area contributed by atoms with Gasteiger partial charge >= 0.3 is 0 Å². The van der Waals surface area contributed by atoms with E-state index in [4.69, 9.17) is 0 Å². The first-order valence-corrected chi connectivity index (χ1v) is 7.86. The maximum atomic E-state index is 11.3. The largest absolute Gasteiger partial charge is 0.298 e. The number of carbonyl (C=O) groups is 2. The van der Waals surface area contributed by atoms with Crippen LogP contribution >= 0.6 is 0 Å². The second-order valence-corrected chi connectivity index (χ2v) is 5.89. The predicted molar refractivity (Wildman–Crippen MR) is 97.6 cm³/mol. The van der Waals surface area contributed by atoms with E-state index in [1.54, 1.807) is 0 Å². The zero-order chi connectivity index (χ0) is 17.1. The highest BCUT2D eigenvalue weighted by molar-refractivity contribution is 5.92. The zero-order valence-electron chi connectivity index (χ0n) is 13.7. The SMILES string of the molecule is Cc1cc(-c2ccccc2C=O)c(C)cc1-c1ccccc1C=O. The molecule has 0 aliphatic heterocycles. The Morgan fingerprint density at radius 2 is 0.958 bits per heavy atom. The monoisotopic (exact) mass is 314 g/mol. The minimum atomic E-state index is 0.682. The van der Waals surface area contributed by atoms with Crippen LogP contribution in [0.1, 0.15) is 31.8 Å². The third-order valence-corrected chi connectivity index (χ3v) is 4.33. The van der Waals surface area contributed by atoms with Crippen molar-refractivity contribution in [3.05, 3.63) is 82.9 Å². The second-order valence-electron chi connectivity index (χ2n) is 5.89. The van der Waals surface area contributed by atoms with E-state index in [2.05, 4.69) is 12.1 Å². The van der Waals surface area contributed by atoms with Crippen LogP contribution in [0.3, 0.4) is 0 Å². The first kappa shape index (κ1) is 15.9. The lowest BCUT2D eigenvalue weighted by atomic mass is 9.89. The Morgan fingerprint density at radius 1 is 0.583 bits per heavy atom. The van der Waals surface area contributed by atoms with E-state index >= 15 is 0 Å². The highest BCUT2D eigenvalue weighted by Gasteiger charge is 2.12. The highest BCUT2D eigenvalue weighted by atomic mass is 16.1. The molecule has 0 saturated heterocycles. The summed E-state index contributed by atoms with van der Waals surface area (Å²) in [5, 5.41) is 0. The van der Waals surface area contributed by atoms with Crippen LogP contribution in [0.4, 0.5) is 0 Å². The Labute approximate surface area is 141 Å². The first-order valence-electron chi connectivity index (χ1n) is 7.86. The number of aryl methyl sites for hydroxylation is 2. The van der Waals surface area contributed by atoms with Gasteiger partial charge in [-0.15, -0.1) is 0 Å². The minimum absolute atomic E-state index is 0.682. The van der Waals surface area contributed by atoms with Crippen molar-refractivity contribution in [1.82, 2.24) is 0 Å². The number of benzene rings is 3. The van der Waals surface area contributed by atoms with E-state index < -0.39 is 0 Å². The van der Waals surface area contributed by atoms with Gasteiger partial charge in [-0.05, 0) is 47.2 Å². The van der Waals surface area contributed by atoms with E-state index in [0.29, 0.717) is 11.1 Å². The van der Waals surface area contributed by atoms with Crippen LogP contribution in [0.2, 0.25) is 0 Å². The topological polar surface area (TPSA) is 34.1 Å². The van der Waals surface area contributed by atoms with Crippen molar-refractivity contribution in [2.24, 2.45) is 0 Å². The fraction of sp³-hybridized carbons (Fsp3) is 0.0909. The Morgan fingerprint density at radius 3 is 1.33 bits per heavy atom. The summed E-state index contributed by atoms with van der Waals surface area (Å²) >= 11 is 0. The van der Waals surface area contributed by atoms with Crippen LogP contribution in [0.25, 0.3) is 22.3 Å². The number of aldehydes is 2. The van der Waals surface area contributed by atoms with Crippen molar-refractivity contribution in [2.75, 3.05) is 0 Å². The van der Waals surface area contributed by atoms with Gasteiger partial charge in [0.1, 0.15) is 0 Å². The standard InChI is InChI=1S/C22H18O2/c1-15-11-22(20-10-6-4-8-18(20)14-24)16(2)12-21(15)19-9-5-3-7-17(19)13-23/h3-14H,1-2H3. The molecular weight excluding hydrogens is 296 g/mol. The lowest BCUT2D eigenvalue weighted by Crippen LogP contribution is -1.95. The molecule has 0 unspecified atom stereocenters. The molecule has 0 atom stereocenters. The molecule has 3 aromatic carbocycles. The second kappa shape index (κ2) is 6.63. The van der Waals surface area contributed by atoms with Gasteiger partial charge in [0.05, 0.1) is 0 Å². The number of rotatable bonds is 4. The third-order valence-electron chi connectivity index (χ3n) is 4.33. The summed E-state index contributed by atoms with van der Waals surface area (Å²) in [5.74, 6) is 0. The molecule has 0 amide bonds. The van der Waals surface area contributed by atoms with Crippen LogP contribution in [-0.2, 0) is 0 Å². The minimum Gasteiger partial charge on any atom is -0.298 e. The van der Waals surface area contributed by atoms with Crippen molar-refractivity contribution in [3.63, 3.8) is 0 Å². The summed E-state index contributed by atoms with van der Waals surface area (Å²) in [7, 11) is 0. The first-order chi connectivity index (χ1) is 11.7. The molecule has 0 fully saturated rings. The highest BCUT2D eigenvalue weighted by Crippen LogP contribution is 2.34. The summed E-state index contributed by atoms with van der Waals surface area (Å²) in [6.45, 7) is 4.06. The molecule has 2 heteroatoms. The maximum absolute atomic E-state index is 11.3. The van der Waals surface area contributed by atoms with Gasteiger partial charge in [-0.3, -0.25) is 9.59 Å². The van der Waals surface area contributed by atoms with Crippen molar-refractivity contribution >= 4 is 12.6 Å². The molecule has 0 spiro atoms. The van der Waals surface area contributed by atoms with Crippen LogP contribution in [0, 0.1) is 13.8 Å². The predicted octanol–water partition coefficient (Wildman–Crippen LogP) is 5.26. The van der Waals surface area contributed by atoms with Crippen LogP contribution < -0.4 is 0 Å². The van der Waals surface area contributed by atoms with Crippen molar-refractivity contribution in [1.29, 1.82) is 0 Å². The number of hydrogen-bond donors (Lipinski definition) is 0. The van der Waals surface area contributed by atoms with Gasteiger partial charge in [-0.1, -0.05) is 60.7 Å². The zero-order valence-corrected chi connectivity index (χ0v) is 13.7. The molecule has 24 heavy (non-hydrogen) atoms. The van der Waals surface area contributed by atoms with Gasteiger partial charge in [0.25, 0.3) is 0 Å². The molecule has 0 radical (unpaired) electrons. The summed E-state index contributed by atoms with van der Waals surface area (Å²) in [4.78, 5) is 22.7. The molecule has 3 rings (SSSR count). The number of carbonyl (C=O) groups excluding carboxylic acids is 2. The fourth-order valence-electron chi connectivity index (χ4n) is 3.09. The molecule has 0 heterocycles. The van der Waals surface area contributed by atoms with Crippen LogP contribution in [0.5, 0.6) is 0 Å². The Balaban J connectivity index is 2.20. The molecule has 2 nitrogen and oxygen atoms in total. The maximum Gasteiger partial charge on any atom is 0.150 e.